The van der Waals surface area contributed by atoms with Crippen molar-refractivity contribution >= 4 is 29.5 Å². The highest BCUT2D eigenvalue weighted by Gasteiger charge is 2.37. The van der Waals surface area contributed by atoms with Gasteiger partial charge in [0.2, 0.25) is 11.8 Å². The number of nitrogens with zero attached hydrogens (tertiary/aromatic N) is 1. The molecule has 10 nitrogen and oxygen atoms in total. The third-order valence-corrected chi connectivity index (χ3v) is 6.81. The first-order chi connectivity index (χ1) is 19.8. The maximum atomic E-state index is 14.3. The summed E-state index contributed by atoms with van der Waals surface area (Å²) >= 11 is 0. The van der Waals surface area contributed by atoms with Crippen molar-refractivity contribution in [2.75, 3.05) is 19.0 Å². The van der Waals surface area contributed by atoms with E-state index in [1.807, 2.05) is 39.0 Å². The lowest BCUT2D eigenvalue weighted by Crippen LogP contribution is -2.53. The van der Waals surface area contributed by atoms with E-state index in [0.717, 1.165) is 24.0 Å². The number of methoxy groups -OCH3 is 1. The van der Waals surface area contributed by atoms with Crippen LogP contribution < -0.4 is 21.1 Å². The second-order valence-corrected chi connectivity index (χ2v) is 11.4. The summed E-state index contributed by atoms with van der Waals surface area (Å²) in [5, 5.41) is 5.58. The number of rotatable bonds is 14. The van der Waals surface area contributed by atoms with Gasteiger partial charge in [-0.1, -0.05) is 38.0 Å². The standard InChI is InChI=1S/C32H46N4O6/c1-8-9-10-20-36(30(39)26(18-19-27(33)37)35-31(40)42-32(4,5)6)28(25-13-11-12-21(2)22(25)3)29(38)34-23-14-16-24(41-7)17-15-23/h11-17,26,28H,8-10,18-20H2,1-7H3,(H2,33,37)(H,34,38)(H,35,40). The van der Waals surface area contributed by atoms with Gasteiger partial charge in [-0.2, -0.15) is 0 Å². The minimum Gasteiger partial charge on any atom is -0.497 e. The molecule has 4 N–H and O–H groups in total. The molecule has 10 heteroatoms. The molecule has 2 aromatic rings. The van der Waals surface area contributed by atoms with E-state index >= 15 is 0 Å². The number of alkyl carbamates (subject to hydrolysis) is 1. The SMILES string of the molecule is CCCCCN(C(=O)C(CCC(N)=O)NC(=O)OC(C)(C)C)C(C(=O)Nc1ccc(OC)cc1)c1cccc(C)c1C. The number of aryl methyl sites for hydroxylation is 1. The molecule has 0 spiro atoms. The molecule has 0 bridgehead atoms. The molecular formula is C32H46N4O6. The van der Waals surface area contributed by atoms with E-state index in [0.29, 0.717) is 23.4 Å². The molecule has 0 heterocycles. The molecule has 4 amide bonds. The van der Waals surface area contributed by atoms with Gasteiger partial charge in [-0.25, -0.2) is 4.79 Å². The Morgan fingerprint density at radius 3 is 2.24 bits per heavy atom. The second kappa shape index (κ2) is 15.8. The first kappa shape index (κ1) is 34.1. The Balaban J connectivity index is 2.59. The summed E-state index contributed by atoms with van der Waals surface area (Å²) in [6.45, 7) is 11.3. The number of hydrogen-bond donors (Lipinski definition) is 3. The molecule has 0 aromatic heterocycles. The van der Waals surface area contributed by atoms with Gasteiger partial charge in [0.25, 0.3) is 5.91 Å². The van der Waals surface area contributed by atoms with Crippen LogP contribution in [0.2, 0.25) is 0 Å². The van der Waals surface area contributed by atoms with Gasteiger partial charge in [0, 0.05) is 18.7 Å². The van der Waals surface area contributed by atoms with Gasteiger partial charge in [-0.3, -0.25) is 14.4 Å². The van der Waals surface area contributed by atoms with Crippen LogP contribution in [0.4, 0.5) is 10.5 Å². The van der Waals surface area contributed by atoms with E-state index in [1.54, 1.807) is 52.1 Å². The number of benzene rings is 2. The van der Waals surface area contributed by atoms with E-state index in [9.17, 15) is 19.2 Å². The van der Waals surface area contributed by atoms with E-state index in [1.165, 1.54) is 4.90 Å². The van der Waals surface area contributed by atoms with Gasteiger partial charge in [-0.15, -0.1) is 0 Å². The topological polar surface area (TPSA) is 140 Å². The maximum Gasteiger partial charge on any atom is 0.408 e. The van der Waals surface area contributed by atoms with Crippen molar-refractivity contribution < 1.29 is 28.7 Å². The normalized spacial score (nSPS) is 12.5. The number of ether oxygens (including phenoxy) is 2. The molecule has 42 heavy (non-hydrogen) atoms. The number of nitrogens with two attached hydrogens (primary N) is 1. The summed E-state index contributed by atoms with van der Waals surface area (Å²) in [5.41, 5.74) is 7.64. The summed E-state index contributed by atoms with van der Waals surface area (Å²) in [4.78, 5) is 54.3. The Bertz CT molecular complexity index is 1220. The van der Waals surface area contributed by atoms with E-state index in [-0.39, 0.29) is 19.4 Å². The van der Waals surface area contributed by atoms with Crippen LogP contribution in [0.1, 0.15) is 82.5 Å². The monoisotopic (exact) mass is 582 g/mol. The van der Waals surface area contributed by atoms with Crippen molar-refractivity contribution in [3.63, 3.8) is 0 Å². The van der Waals surface area contributed by atoms with Crippen molar-refractivity contribution in [1.29, 1.82) is 0 Å². The van der Waals surface area contributed by atoms with Gasteiger partial charge in [0.05, 0.1) is 7.11 Å². The predicted molar refractivity (Wildman–Crippen MR) is 163 cm³/mol. The van der Waals surface area contributed by atoms with Crippen LogP contribution in [-0.2, 0) is 19.1 Å². The highest BCUT2D eigenvalue weighted by Crippen LogP contribution is 2.30. The molecule has 2 atom stereocenters. The van der Waals surface area contributed by atoms with Crippen molar-refractivity contribution in [3.8, 4) is 5.75 Å². The summed E-state index contributed by atoms with van der Waals surface area (Å²) < 4.78 is 10.6. The smallest absolute Gasteiger partial charge is 0.408 e. The van der Waals surface area contributed by atoms with Crippen molar-refractivity contribution in [2.24, 2.45) is 5.73 Å². The lowest BCUT2D eigenvalue weighted by Gasteiger charge is -2.35. The number of amides is 4. The molecule has 2 aromatic carbocycles. The van der Waals surface area contributed by atoms with E-state index in [4.69, 9.17) is 15.2 Å². The van der Waals surface area contributed by atoms with Gasteiger partial charge in [0.15, 0.2) is 0 Å². The first-order valence-corrected chi connectivity index (χ1v) is 14.4. The fourth-order valence-corrected chi connectivity index (χ4v) is 4.50. The number of carbonyl (C=O) groups is 4. The molecule has 0 fully saturated rings. The summed E-state index contributed by atoms with van der Waals surface area (Å²) in [5.74, 6) is -0.890. The number of unbranched alkanes of at least 4 members (excludes halogenated alkanes) is 2. The minimum atomic E-state index is -1.14. The molecule has 2 unspecified atom stereocenters. The number of nitrogens with one attached hydrogen (secondary N) is 2. The third-order valence-electron chi connectivity index (χ3n) is 6.81. The summed E-state index contributed by atoms with van der Waals surface area (Å²) in [6, 6.07) is 10.4. The quantitative estimate of drug-likeness (QED) is 0.263. The van der Waals surface area contributed by atoms with Crippen LogP contribution in [0, 0.1) is 13.8 Å². The molecule has 0 saturated carbocycles. The van der Waals surface area contributed by atoms with Gasteiger partial charge < -0.3 is 30.7 Å². The second-order valence-electron chi connectivity index (χ2n) is 11.4. The molecule has 230 valence electrons. The lowest BCUT2D eigenvalue weighted by atomic mass is 9.94. The highest BCUT2D eigenvalue weighted by molar-refractivity contribution is 5.99. The predicted octanol–water partition coefficient (Wildman–Crippen LogP) is 5.17. The molecular weight excluding hydrogens is 536 g/mol. The summed E-state index contributed by atoms with van der Waals surface area (Å²) in [6.07, 6.45) is 1.38. The average Bonchev–Trinajstić information content (AvgIpc) is 2.91. The molecule has 0 aliphatic rings. The van der Waals surface area contributed by atoms with E-state index < -0.39 is 41.5 Å². The van der Waals surface area contributed by atoms with Crippen molar-refractivity contribution in [1.82, 2.24) is 10.2 Å². The lowest BCUT2D eigenvalue weighted by molar-refractivity contribution is -0.141. The van der Waals surface area contributed by atoms with Gasteiger partial charge >= 0.3 is 6.09 Å². The number of primary amides is 1. The Labute approximate surface area is 249 Å². The van der Waals surface area contributed by atoms with Crippen LogP contribution in [0.15, 0.2) is 42.5 Å². The molecule has 0 aliphatic carbocycles. The maximum absolute atomic E-state index is 14.3. The Morgan fingerprint density at radius 2 is 1.67 bits per heavy atom. The fraction of sp³-hybridized carbons (Fsp3) is 0.500. The van der Waals surface area contributed by atoms with E-state index in [2.05, 4.69) is 10.6 Å². The largest absolute Gasteiger partial charge is 0.497 e. The highest BCUT2D eigenvalue weighted by atomic mass is 16.6. The zero-order chi connectivity index (χ0) is 31.4. The molecule has 0 aliphatic heterocycles. The third kappa shape index (κ3) is 10.4. The number of carbonyl (C=O) groups excluding carboxylic acids is 4. The Morgan fingerprint density at radius 1 is 1.00 bits per heavy atom. The van der Waals surface area contributed by atoms with Gasteiger partial charge in [0.1, 0.15) is 23.4 Å². The fourth-order valence-electron chi connectivity index (χ4n) is 4.50. The summed E-state index contributed by atoms with van der Waals surface area (Å²) in [7, 11) is 1.56. The zero-order valence-corrected chi connectivity index (χ0v) is 25.9. The number of anilines is 1. The van der Waals surface area contributed by atoms with Crippen molar-refractivity contribution in [2.45, 2.75) is 91.3 Å². The van der Waals surface area contributed by atoms with Crippen LogP contribution >= 0.6 is 0 Å². The molecule has 0 radical (unpaired) electrons. The Kier molecular flexibility index (Phi) is 12.8. The number of hydrogen-bond acceptors (Lipinski definition) is 6. The molecule has 0 saturated heterocycles. The molecule has 2 rings (SSSR count). The zero-order valence-electron chi connectivity index (χ0n) is 25.9. The minimum absolute atomic E-state index is 0.0443. The van der Waals surface area contributed by atoms with Crippen LogP contribution in [-0.4, -0.2) is 54.0 Å². The average molecular weight is 583 g/mol. The van der Waals surface area contributed by atoms with Crippen molar-refractivity contribution in [3.05, 3.63) is 59.2 Å². The van der Waals surface area contributed by atoms with Crippen LogP contribution in [0.25, 0.3) is 0 Å². The Hall–Kier alpha value is -4.08. The van der Waals surface area contributed by atoms with Crippen LogP contribution in [0.5, 0.6) is 5.75 Å². The van der Waals surface area contributed by atoms with Gasteiger partial charge in [-0.05, 0) is 88.4 Å². The van der Waals surface area contributed by atoms with Crippen LogP contribution in [0.3, 0.4) is 0 Å². The first-order valence-electron chi connectivity index (χ1n) is 14.4.